The molecule has 2 aliphatic rings. The molecule has 6 heteroatoms. The summed E-state index contributed by atoms with van der Waals surface area (Å²) in [6, 6.07) is 12.4. The summed E-state index contributed by atoms with van der Waals surface area (Å²) in [6.45, 7) is 15.8. The van der Waals surface area contributed by atoms with E-state index in [2.05, 4.69) is 80.5 Å². The minimum Gasteiger partial charge on any atom is -0.324 e. The molecule has 6 nitrogen and oxygen atoms in total. The van der Waals surface area contributed by atoms with Crippen LogP contribution in [-0.2, 0) is 9.59 Å². The number of carbonyl (C=O) groups is 2. The van der Waals surface area contributed by atoms with Gasteiger partial charge < -0.3 is 15.1 Å². The van der Waals surface area contributed by atoms with E-state index >= 15 is 0 Å². The van der Waals surface area contributed by atoms with Crippen molar-refractivity contribution in [3.8, 4) is 0 Å². The molecule has 2 aromatic rings. The van der Waals surface area contributed by atoms with Gasteiger partial charge in [-0.1, -0.05) is 56.2 Å². The van der Waals surface area contributed by atoms with Crippen molar-refractivity contribution in [2.45, 2.75) is 117 Å². The van der Waals surface area contributed by atoms with Gasteiger partial charge in [-0.3, -0.25) is 14.5 Å². The van der Waals surface area contributed by atoms with Crippen LogP contribution in [-0.4, -0.2) is 66.0 Å². The molecule has 0 bridgehead atoms. The smallest absolute Gasteiger partial charge is 0.282 e. The molecular weight excluding hydrogens is 532 g/mol. The van der Waals surface area contributed by atoms with E-state index in [9.17, 15) is 9.59 Å². The van der Waals surface area contributed by atoms with Gasteiger partial charge in [-0.15, -0.1) is 0 Å². The van der Waals surface area contributed by atoms with Gasteiger partial charge in [-0.05, 0) is 114 Å². The van der Waals surface area contributed by atoms with Crippen LogP contribution in [0, 0.1) is 27.7 Å². The van der Waals surface area contributed by atoms with E-state index in [1.54, 1.807) is 0 Å². The van der Waals surface area contributed by atoms with Crippen LogP contribution in [0.1, 0.15) is 99.8 Å². The molecule has 3 atom stereocenters. The summed E-state index contributed by atoms with van der Waals surface area (Å²) < 4.78 is 0.940. The largest absolute Gasteiger partial charge is 0.324 e. The maximum Gasteiger partial charge on any atom is 0.282 e. The number of para-hydroxylation sites is 2. The zero-order valence-corrected chi connectivity index (χ0v) is 27.6. The number of nitrogens with zero attached hydrogens (tertiary/aromatic N) is 2. The predicted molar refractivity (Wildman–Crippen MR) is 180 cm³/mol. The SMILES string of the molecule is CCCC[N@@+]1(CCCCCN2CCCC[C@H]2C(=O)Nc2c(C)cccc2C)CCCC[C@H]1C(=O)Nc1c(C)cccc1C. The lowest BCUT2D eigenvalue weighted by Crippen LogP contribution is -2.63. The highest BCUT2D eigenvalue weighted by Gasteiger charge is 2.43. The zero-order valence-electron chi connectivity index (χ0n) is 27.6. The quantitative estimate of drug-likeness (QED) is 0.186. The number of quaternary nitrogens is 1. The minimum absolute atomic E-state index is 0.0272. The Balaban J connectivity index is 1.35. The Morgan fingerprint density at radius 2 is 1.33 bits per heavy atom. The number of amides is 2. The number of benzene rings is 2. The van der Waals surface area contributed by atoms with Crippen molar-refractivity contribution in [1.29, 1.82) is 0 Å². The lowest BCUT2D eigenvalue weighted by atomic mass is 9.95. The van der Waals surface area contributed by atoms with Crippen LogP contribution in [0.2, 0.25) is 0 Å². The third-order valence-electron chi connectivity index (χ3n) is 10.2. The van der Waals surface area contributed by atoms with Gasteiger partial charge in [0.05, 0.1) is 25.7 Å². The van der Waals surface area contributed by atoms with Crippen LogP contribution in [0.3, 0.4) is 0 Å². The molecule has 0 radical (unpaired) electrons. The van der Waals surface area contributed by atoms with Crippen LogP contribution < -0.4 is 10.6 Å². The molecule has 0 saturated carbocycles. The fourth-order valence-electron chi connectivity index (χ4n) is 7.60. The van der Waals surface area contributed by atoms with E-state index in [0.717, 1.165) is 129 Å². The number of unbranched alkanes of at least 4 members (excludes halogenated alkanes) is 3. The number of anilines is 2. The molecule has 2 N–H and O–H groups in total. The van der Waals surface area contributed by atoms with Crippen molar-refractivity contribution >= 4 is 23.2 Å². The number of hydrogen-bond donors (Lipinski definition) is 2. The third kappa shape index (κ3) is 8.48. The zero-order chi connectivity index (χ0) is 30.8. The molecule has 2 heterocycles. The molecule has 2 fully saturated rings. The Morgan fingerprint density at radius 3 is 1.95 bits per heavy atom. The molecule has 2 aromatic carbocycles. The van der Waals surface area contributed by atoms with Crippen LogP contribution in [0.5, 0.6) is 0 Å². The Kier molecular flexibility index (Phi) is 12.2. The normalized spacial score (nSPS) is 22.7. The molecule has 2 amide bonds. The summed E-state index contributed by atoms with van der Waals surface area (Å²) in [5, 5.41) is 6.63. The summed E-state index contributed by atoms with van der Waals surface area (Å²) in [5.41, 5.74) is 6.47. The maximum absolute atomic E-state index is 13.8. The van der Waals surface area contributed by atoms with Crippen molar-refractivity contribution in [2.24, 2.45) is 0 Å². The second kappa shape index (κ2) is 15.9. The molecular formula is C37H57N4O2+. The molecule has 2 saturated heterocycles. The molecule has 236 valence electrons. The topological polar surface area (TPSA) is 61.4 Å². The van der Waals surface area contributed by atoms with Crippen molar-refractivity contribution in [2.75, 3.05) is 43.4 Å². The number of aryl methyl sites for hydroxylation is 4. The standard InChI is InChI=1S/C37H56N4O2/c1-6-7-25-41(27-14-10-22-33(41)37(43)39-35-30(4)19-16-20-31(35)5)26-13-8-11-23-40-24-12-9-21-32(40)36(42)38-34-28(2)17-15-18-29(34)3/h15-20,32-33H,6-14,21-27H2,1-5H3,(H-,38,39,42,43)/p+1/t32-,33-,41+/m0/s1. The molecule has 4 rings (SSSR count). The third-order valence-corrected chi connectivity index (χ3v) is 10.2. The van der Waals surface area contributed by atoms with Crippen molar-refractivity contribution in [3.63, 3.8) is 0 Å². The monoisotopic (exact) mass is 589 g/mol. The van der Waals surface area contributed by atoms with Gasteiger partial charge in [0, 0.05) is 17.8 Å². The molecule has 2 aliphatic heterocycles. The van der Waals surface area contributed by atoms with Crippen molar-refractivity contribution in [3.05, 3.63) is 58.7 Å². The Morgan fingerprint density at radius 1 is 0.744 bits per heavy atom. The first-order valence-corrected chi connectivity index (χ1v) is 17.1. The Hall–Kier alpha value is -2.70. The first kappa shape index (κ1) is 33.2. The number of nitrogens with one attached hydrogen (secondary N) is 2. The fraction of sp³-hybridized carbons (Fsp3) is 0.622. The summed E-state index contributed by atoms with van der Waals surface area (Å²) >= 11 is 0. The maximum atomic E-state index is 13.8. The van der Waals surface area contributed by atoms with E-state index in [-0.39, 0.29) is 23.9 Å². The number of piperidine rings is 2. The molecule has 43 heavy (non-hydrogen) atoms. The van der Waals surface area contributed by atoms with Crippen LogP contribution in [0.15, 0.2) is 36.4 Å². The highest BCUT2D eigenvalue weighted by Crippen LogP contribution is 2.31. The fourth-order valence-corrected chi connectivity index (χ4v) is 7.60. The Labute approximate surface area is 261 Å². The molecule has 0 unspecified atom stereocenters. The number of rotatable bonds is 13. The summed E-state index contributed by atoms with van der Waals surface area (Å²) in [7, 11) is 0. The summed E-state index contributed by atoms with van der Waals surface area (Å²) in [4.78, 5) is 29.7. The van der Waals surface area contributed by atoms with Gasteiger partial charge in [0.15, 0.2) is 6.04 Å². The first-order chi connectivity index (χ1) is 20.8. The van der Waals surface area contributed by atoms with E-state index in [0.29, 0.717) is 0 Å². The minimum atomic E-state index is -0.0456. The first-order valence-electron chi connectivity index (χ1n) is 17.1. The van der Waals surface area contributed by atoms with Gasteiger partial charge in [-0.2, -0.15) is 0 Å². The molecule has 0 spiro atoms. The van der Waals surface area contributed by atoms with Crippen LogP contribution in [0.25, 0.3) is 0 Å². The van der Waals surface area contributed by atoms with E-state index in [1.165, 1.54) is 12.8 Å². The lowest BCUT2D eigenvalue weighted by molar-refractivity contribution is -0.947. The van der Waals surface area contributed by atoms with Gasteiger partial charge in [-0.25, -0.2) is 0 Å². The second-order valence-corrected chi connectivity index (χ2v) is 13.4. The average molecular weight is 590 g/mol. The van der Waals surface area contributed by atoms with Crippen LogP contribution in [0.4, 0.5) is 11.4 Å². The molecule has 0 aliphatic carbocycles. The van der Waals surface area contributed by atoms with Crippen LogP contribution >= 0.6 is 0 Å². The van der Waals surface area contributed by atoms with E-state index in [1.807, 2.05) is 6.07 Å². The van der Waals surface area contributed by atoms with Crippen molar-refractivity contribution < 1.29 is 14.1 Å². The number of likely N-dealkylation sites (tertiary alicyclic amines) is 2. The van der Waals surface area contributed by atoms with Gasteiger partial charge in [0.25, 0.3) is 5.91 Å². The summed E-state index contributed by atoms with van der Waals surface area (Å²) in [6.07, 6.45) is 12.2. The number of hydrogen-bond acceptors (Lipinski definition) is 3. The highest BCUT2D eigenvalue weighted by molar-refractivity contribution is 5.96. The summed E-state index contributed by atoms with van der Waals surface area (Å²) in [5.74, 6) is 0.353. The second-order valence-electron chi connectivity index (χ2n) is 13.4. The van der Waals surface area contributed by atoms with Gasteiger partial charge >= 0.3 is 0 Å². The van der Waals surface area contributed by atoms with Crippen molar-refractivity contribution in [1.82, 2.24) is 4.90 Å². The van der Waals surface area contributed by atoms with E-state index < -0.39 is 0 Å². The Bertz CT molecular complexity index is 1190. The van der Waals surface area contributed by atoms with E-state index in [4.69, 9.17) is 0 Å². The average Bonchev–Trinajstić information content (AvgIpc) is 3.00. The number of carbonyl (C=O) groups excluding carboxylic acids is 2. The lowest BCUT2D eigenvalue weighted by Gasteiger charge is -2.47. The van der Waals surface area contributed by atoms with Gasteiger partial charge in [0.2, 0.25) is 5.91 Å². The predicted octanol–water partition coefficient (Wildman–Crippen LogP) is 7.69. The molecule has 0 aromatic heterocycles. The van der Waals surface area contributed by atoms with Gasteiger partial charge in [0.1, 0.15) is 0 Å². The highest BCUT2D eigenvalue weighted by atomic mass is 16.2.